The summed E-state index contributed by atoms with van der Waals surface area (Å²) in [4.78, 5) is 12.3. The molecule has 0 aliphatic rings. The van der Waals surface area contributed by atoms with Gasteiger partial charge in [0.05, 0.1) is 29.3 Å². The van der Waals surface area contributed by atoms with Crippen molar-refractivity contribution in [3.05, 3.63) is 71.2 Å². The van der Waals surface area contributed by atoms with Crippen molar-refractivity contribution >= 4 is 27.6 Å². The minimum atomic E-state index is -3.61. The van der Waals surface area contributed by atoms with Crippen LogP contribution in [-0.2, 0) is 16.6 Å². The predicted octanol–water partition coefficient (Wildman–Crippen LogP) is 2.88. The van der Waals surface area contributed by atoms with Crippen LogP contribution in [0.4, 0.5) is 20.7 Å². The van der Waals surface area contributed by atoms with E-state index in [4.69, 9.17) is 5.26 Å². The van der Waals surface area contributed by atoms with Gasteiger partial charge in [0.15, 0.2) is 5.82 Å². The first kappa shape index (κ1) is 21.8. The van der Waals surface area contributed by atoms with Crippen molar-refractivity contribution in [2.75, 3.05) is 16.3 Å². The Morgan fingerprint density at radius 1 is 1.23 bits per heavy atom. The molecule has 0 saturated heterocycles. The number of hydrogen-bond acceptors (Lipinski definition) is 5. The highest BCUT2D eigenvalue weighted by atomic mass is 32.2. The van der Waals surface area contributed by atoms with E-state index < -0.39 is 21.9 Å². The number of benzene rings is 2. The molecule has 3 aromatic rings. The molecule has 2 aromatic carbocycles. The van der Waals surface area contributed by atoms with E-state index in [1.807, 2.05) is 0 Å². The topological polar surface area (TPSA) is 129 Å². The Labute approximate surface area is 178 Å². The number of carbonyl (C=O) groups is 1. The zero-order chi connectivity index (χ0) is 22.6. The van der Waals surface area contributed by atoms with Crippen LogP contribution in [-0.4, -0.2) is 30.5 Å². The van der Waals surface area contributed by atoms with Crippen molar-refractivity contribution in [1.29, 1.82) is 5.26 Å². The van der Waals surface area contributed by atoms with Crippen LogP contribution in [0.15, 0.2) is 48.5 Å². The molecule has 0 atom stereocenters. The van der Waals surface area contributed by atoms with E-state index >= 15 is 0 Å². The molecule has 31 heavy (non-hydrogen) atoms. The number of halogens is 1. The molecule has 1 heterocycles. The number of rotatable bonds is 6. The molecule has 9 nitrogen and oxygen atoms in total. The van der Waals surface area contributed by atoms with Crippen molar-refractivity contribution in [2.45, 2.75) is 13.5 Å². The molecule has 2 amide bonds. The van der Waals surface area contributed by atoms with Crippen LogP contribution >= 0.6 is 0 Å². The molecule has 0 bridgehead atoms. The van der Waals surface area contributed by atoms with Gasteiger partial charge in [-0.15, -0.1) is 5.10 Å². The van der Waals surface area contributed by atoms with Gasteiger partial charge in [0.1, 0.15) is 5.82 Å². The summed E-state index contributed by atoms with van der Waals surface area (Å²) in [5.74, 6) is -0.410. The van der Waals surface area contributed by atoms with Crippen LogP contribution in [0.25, 0.3) is 5.69 Å². The van der Waals surface area contributed by atoms with Crippen molar-refractivity contribution in [3.63, 3.8) is 0 Å². The predicted molar refractivity (Wildman–Crippen MR) is 114 cm³/mol. The van der Waals surface area contributed by atoms with Gasteiger partial charge in [-0.1, -0.05) is 12.1 Å². The minimum absolute atomic E-state index is 0.00176. The fraction of sp³-hybridized carbons (Fsp3) is 0.150. The van der Waals surface area contributed by atoms with Crippen LogP contribution < -0.4 is 15.4 Å². The highest BCUT2D eigenvalue weighted by Crippen LogP contribution is 2.20. The zero-order valence-corrected chi connectivity index (χ0v) is 17.5. The first-order valence-electron chi connectivity index (χ1n) is 9.03. The van der Waals surface area contributed by atoms with Crippen LogP contribution in [0.5, 0.6) is 0 Å². The van der Waals surface area contributed by atoms with Gasteiger partial charge in [0.2, 0.25) is 10.0 Å². The molecule has 0 spiro atoms. The van der Waals surface area contributed by atoms with E-state index in [-0.39, 0.29) is 23.6 Å². The molecule has 0 fully saturated rings. The summed E-state index contributed by atoms with van der Waals surface area (Å²) in [7, 11) is -3.61. The smallest absolute Gasteiger partial charge is 0.320 e. The Morgan fingerprint density at radius 3 is 2.68 bits per heavy atom. The van der Waals surface area contributed by atoms with Gasteiger partial charge >= 0.3 is 6.03 Å². The Bertz CT molecular complexity index is 1280. The molecule has 3 rings (SSSR count). The van der Waals surface area contributed by atoms with Crippen molar-refractivity contribution in [2.24, 2.45) is 0 Å². The lowest BCUT2D eigenvalue weighted by atomic mass is 10.1. The van der Waals surface area contributed by atoms with Gasteiger partial charge in [-0.2, -0.15) is 5.26 Å². The molecule has 0 aliphatic carbocycles. The number of aromatic nitrogens is 2. The van der Waals surface area contributed by atoms with Crippen LogP contribution in [0.2, 0.25) is 0 Å². The molecule has 0 aliphatic heterocycles. The Balaban J connectivity index is 1.71. The third-order valence-corrected chi connectivity index (χ3v) is 4.78. The molecule has 0 radical (unpaired) electrons. The maximum atomic E-state index is 14.2. The quantitative estimate of drug-likeness (QED) is 0.541. The summed E-state index contributed by atoms with van der Waals surface area (Å²) in [6.07, 6.45) is 0.951. The molecule has 160 valence electrons. The number of nitrogens with one attached hydrogen (secondary N) is 3. The number of sulfonamides is 1. The highest BCUT2D eigenvalue weighted by molar-refractivity contribution is 7.92. The van der Waals surface area contributed by atoms with Crippen LogP contribution in [0.1, 0.15) is 16.8 Å². The van der Waals surface area contributed by atoms with Gasteiger partial charge in [0, 0.05) is 23.9 Å². The second-order valence-electron chi connectivity index (χ2n) is 6.69. The number of nitrogens with zero attached hydrogens (tertiary/aromatic N) is 3. The Hall–Kier alpha value is -3.91. The first-order valence-corrected chi connectivity index (χ1v) is 10.9. The van der Waals surface area contributed by atoms with Gasteiger partial charge in [0.25, 0.3) is 0 Å². The van der Waals surface area contributed by atoms with Crippen molar-refractivity contribution in [1.82, 2.24) is 15.1 Å². The number of amides is 2. The van der Waals surface area contributed by atoms with E-state index in [1.165, 1.54) is 18.2 Å². The standard InChI is InChI=1S/C20H19FN6O3S/c1-13-9-19(25-27(13)15-6-3-5-14(10-15)11-22)24-20(28)23-12-16-17(21)7-4-8-18(16)26-31(2,29)30/h3-10,26H,12H2,1-2H3,(H2,23,24,25,28). The van der Waals surface area contributed by atoms with E-state index in [0.717, 1.165) is 11.9 Å². The molecule has 0 saturated carbocycles. The summed E-state index contributed by atoms with van der Waals surface area (Å²) in [5.41, 5.74) is 1.90. The number of anilines is 2. The van der Waals surface area contributed by atoms with E-state index in [9.17, 15) is 17.6 Å². The third kappa shape index (κ3) is 5.58. The average Bonchev–Trinajstić information content (AvgIpc) is 3.06. The molecule has 11 heteroatoms. The molecular weight excluding hydrogens is 423 g/mol. The molecule has 1 aromatic heterocycles. The fourth-order valence-electron chi connectivity index (χ4n) is 2.87. The van der Waals surface area contributed by atoms with Crippen LogP contribution in [0, 0.1) is 24.1 Å². The van der Waals surface area contributed by atoms with E-state index in [2.05, 4.69) is 26.5 Å². The largest absolute Gasteiger partial charge is 0.334 e. The number of nitriles is 1. The Morgan fingerprint density at radius 2 is 1.97 bits per heavy atom. The van der Waals surface area contributed by atoms with E-state index in [1.54, 1.807) is 41.9 Å². The van der Waals surface area contributed by atoms with Crippen molar-refractivity contribution in [3.8, 4) is 11.8 Å². The summed E-state index contributed by atoms with van der Waals surface area (Å²) in [5, 5.41) is 18.4. The fourth-order valence-corrected chi connectivity index (χ4v) is 3.46. The number of aryl methyl sites for hydroxylation is 1. The average molecular weight is 442 g/mol. The lowest BCUT2D eigenvalue weighted by molar-refractivity contribution is 0.251. The molecular formula is C20H19FN6O3S. The maximum Gasteiger partial charge on any atom is 0.320 e. The second kappa shape index (κ2) is 8.85. The number of urea groups is 1. The van der Waals surface area contributed by atoms with Gasteiger partial charge in [-0.25, -0.2) is 22.3 Å². The monoisotopic (exact) mass is 442 g/mol. The number of hydrogen-bond donors (Lipinski definition) is 3. The molecule has 0 unspecified atom stereocenters. The second-order valence-corrected chi connectivity index (χ2v) is 8.44. The normalized spacial score (nSPS) is 10.9. The SMILES string of the molecule is Cc1cc(NC(=O)NCc2c(F)cccc2NS(C)(=O)=O)nn1-c1cccc(C#N)c1. The van der Waals surface area contributed by atoms with Gasteiger partial charge in [-0.05, 0) is 37.3 Å². The van der Waals surface area contributed by atoms with Crippen molar-refractivity contribution < 1.29 is 17.6 Å². The van der Waals surface area contributed by atoms with E-state index in [0.29, 0.717) is 11.3 Å². The van der Waals surface area contributed by atoms with Crippen LogP contribution in [0.3, 0.4) is 0 Å². The van der Waals surface area contributed by atoms with Gasteiger partial charge < -0.3 is 5.32 Å². The number of carbonyl (C=O) groups excluding carboxylic acids is 1. The Kier molecular flexibility index (Phi) is 6.22. The lowest BCUT2D eigenvalue weighted by Crippen LogP contribution is -2.29. The minimum Gasteiger partial charge on any atom is -0.334 e. The summed E-state index contributed by atoms with van der Waals surface area (Å²) in [6.45, 7) is 1.54. The maximum absolute atomic E-state index is 14.2. The highest BCUT2D eigenvalue weighted by Gasteiger charge is 2.14. The zero-order valence-electron chi connectivity index (χ0n) is 16.7. The first-order chi connectivity index (χ1) is 14.7. The summed E-state index contributed by atoms with van der Waals surface area (Å²) >= 11 is 0. The third-order valence-electron chi connectivity index (χ3n) is 4.19. The molecule has 3 N–H and O–H groups in total. The summed E-state index contributed by atoms with van der Waals surface area (Å²) < 4.78 is 40.9. The summed E-state index contributed by atoms with van der Waals surface area (Å²) in [6, 6.07) is 13.8. The lowest BCUT2D eigenvalue weighted by Gasteiger charge is -2.12. The van der Waals surface area contributed by atoms with Gasteiger partial charge in [-0.3, -0.25) is 10.0 Å².